The fourth-order valence-electron chi connectivity index (χ4n) is 4.56. The molecule has 1 aromatic carbocycles. The Kier molecular flexibility index (Phi) is 9.88. The van der Waals surface area contributed by atoms with Gasteiger partial charge in [-0.1, -0.05) is 24.1 Å². The number of aliphatic hydroxyl groups excluding tert-OH is 1. The van der Waals surface area contributed by atoms with Gasteiger partial charge < -0.3 is 34.3 Å². The monoisotopic (exact) mass is 663 g/mol. The first-order chi connectivity index (χ1) is 21.4. The highest BCUT2D eigenvalue weighted by atomic mass is 32.2. The maximum atomic E-state index is 16.3. The Morgan fingerprint density at radius 3 is 2.73 bits per heavy atom. The molecule has 5 N–H and O–H groups in total. The molecule has 0 radical (unpaired) electrons. The number of esters is 1. The molecule has 6 atom stereocenters. The van der Waals surface area contributed by atoms with E-state index < -0.39 is 56.3 Å². The van der Waals surface area contributed by atoms with Gasteiger partial charge >= 0.3 is 5.97 Å². The van der Waals surface area contributed by atoms with Crippen LogP contribution in [0.15, 0.2) is 36.7 Å². The number of hydrogen-bond acceptors (Lipinski definition) is 13. The molecule has 45 heavy (non-hydrogen) atoms. The van der Waals surface area contributed by atoms with E-state index in [1.54, 1.807) is 38.1 Å². The second-order valence-electron chi connectivity index (χ2n) is 11.0. The van der Waals surface area contributed by atoms with Gasteiger partial charge in [-0.3, -0.25) is 13.9 Å². The number of benzene rings is 1. The van der Waals surface area contributed by atoms with Crippen molar-refractivity contribution in [3.8, 4) is 18.1 Å². The summed E-state index contributed by atoms with van der Waals surface area (Å²) in [7, 11) is -3.92. The van der Waals surface area contributed by atoms with E-state index >= 15 is 4.39 Å². The molecule has 2 aromatic heterocycles. The number of nitrogens with one attached hydrogen (secondary N) is 2. The average molecular weight is 664 g/mol. The summed E-state index contributed by atoms with van der Waals surface area (Å²) in [5, 5.41) is 16.9. The number of aliphatic hydroxyl groups is 1. The Morgan fingerprint density at radius 2 is 2.07 bits per heavy atom. The van der Waals surface area contributed by atoms with Gasteiger partial charge in [0.1, 0.15) is 29.5 Å². The van der Waals surface area contributed by atoms with Gasteiger partial charge in [0, 0.05) is 6.04 Å². The molecule has 0 amide bonds. The molecule has 1 unspecified atom stereocenters. The van der Waals surface area contributed by atoms with Crippen molar-refractivity contribution in [3.63, 3.8) is 0 Å². The maximum absolute atomic E-state index is 16.3. The van der Waals surface area contributed by atoms with Crippen LogP contribution in [0.25, 0.3) is 11.2 Å². The molecule has 3 aromatic rings. The lowest BCUT2D eigenvalue weighted by Gasteiger charge is -2.25. The molecule has 0 spiro atoms. The van der Waals surface area contributed by atoms with E-state index in [-0.39, 0.29) is 23.1 Å². The zero-order valence-electron chi connectivity index (χ0n) is 24.8. The molecule has 5 rings (SSSR count). The highest BCUT2D eigenvalue weighted by molar-refractivity contribution is 8.01. The highest BCUT2D eigenvalue weighted by Crippen LogP contribution is 2.49. The molecule has 14 nitrogen and oxygen atoms in total. The lowest BCUT2D eigenvalue weighted by atomic mass is 9.97. The number of carbonyl (C=O) groups excluding carboxylic acids is 1. The molecule has 1 aliphatic heterocycles. The van der Waals surface area contributed by atoms with Crippen LogP contribution in [0.4, 0.5) is 16.2 Å². The first-order valence-corrected chi connectivity index (χ1v) is 17.0. The third-order valence-corrected chi connectivity index (χ3v) is 10.4. The van der Waals surface area contributed by atoms with Crippen LogP contribution in [0, 0.1) is 12.3 Å². The highest BCUT2D eigenvalue weighted by Gasteiger charge is 2.58. The van der Waals surface area contributed by atoms with Gasteiger partial charge in [0.25, 0.3) is 7.52 Å². The first kappa shape index (κ1) is 32.9. The maximum Gasteiger partial charge on any atom is 0.323 e. The van der Waals surface area contributed by atoms with Crippen LogP contribution in [-0.2, 0) is 23.4 Å². The second-order valence-corrected chi connectivity index (χ2v) is 14.3. The van der Waals surface area contributed by atoms with Crippen LogP contribution in [-0.4, -0.2) is 78.8 Å². The van der Waals surface area contributed by atoms with Crippen LogP contribution in [0.1, 0.15) is 39.8 Å². The van der Waals surface area contributed by atoms with Crippen molar-refractivity contribution < 1.29 is 37.0 Å². The first-order valence-electron chi connectivity index (χ1n) is 14.3. The summed E-state index contributed by atoms with van der Waals surface area (Å²) in [6.07, 6.45) is 3.50. The Hall–Kier alpha value is -3.45. The number of halogens is 1. The number of hydrogen-bond donors (Lipinski definition) is 4. The molecular weight excluding hydrogens is 628 g/mol. The van der Waals surface area contributed by atoms with Crippen molar-refractivity contribution in [2.45, 2.75) is 75.9 Å². The van der Waals surface area contributed by atoms with Gasteiger partial charge in [0.2, 0.25) is 11.6 Å². The largest absolute Gasteiger partial charge is 0.462 e. The van der Waals surface area contributed by atoms with Gasteiger partial charge in [-0.05, 0) is 45.7 Å². The fourth-order valence-corrected chi connectivity index (χ4v) is 7.33. The van der Waals surface area contributed by atoms with Crippen LogP contribution < -0.4 is 20.3 Å². The Bertz CT molecular complexity index is 1610. The second kappa shape index (κ2) is 13.5. The van der Waals surface area contributed by atoms with Crippen molar-refractivity contribution >= 4 is 48.5 Å². The van der Waals surface area contributed by atoms with E-state index in [4.69, 9.17) is 30.3 Å². The van der Waals surface area contributed by atoms with Crippen molar-refractivity contribution in [2.24, 2.45) is 0 Å². The Morgan fingerprint density at radius 1 is 1.33 bits per heavy atom. The number of aromatic nitrogens is 4. The van der Waals surface area contributed by atoms with Crippen LogP contribution in [0.3, 0.4) is 0 Å². The van der Waals surface area contributed by atoms with Crippen molar-refractivity contribution in [2.75, 3.05) is 23.2 Å². The Labute approximate surface area is 263 Å². The normalized spacial score (nSPS) is 25.0. The van der Waals surface area contributed by atoms with E-state index in [0.29, 0.717) is 17.1 Å². The molecular formula is C28H35FN7O7PS. The van der Waals surface area contributed by atoms with Gasteiger partial charge in [0.15, 0.2) is 23.2 Å². The smallest absolute Gasteiger partial charge is 0.323 e. The summed E-state index contributed by atoms with van der Waals surface area (Å²) in [5.74, 6) is 2.16. The molecule has 2 aliphatic rings. The topological polar surface area (TPSA) is 185 Å². The average Bonchev–Trinajstić information content (AvgIpc) is 3.66. The summed E-state index contributed by atoms with van der Waals surface area (Å²) in [6, 6.07) is 7.96. The summed E-state index contributed by atoms with van der Waals surface area (Å²) >= 11 is 0.823. The zero-order valence-corrected chi connectivity index (χ0v) is 26.5. The third kappa shape index (κ3) is 7.51. The number of carbonyl (C=O) groups is 1. The molecule has 1 saturated heterocycles. The van der Waals surface area contributed by atoms with Gasteiger partial charge in [0.05, 0.1) is 31.1 Å². The van der Waals surface area contributed by atoms with Gasteiger partial charge in [-0.15, -0.1) is 6.42 Å². The van der Waals surface area contributed by atoms with Crippen LogP contribution in [0.2, 0.25) is 0 Å². The molecule has 242 valence electrons. The van der Waals surface area contributed by atoms with Crippen LogP contribution in [0.5, 0.6) is 5.75 Å². The summed E-state index contributed by atoms with van der Waals surface area (Å²) in [6.45, 7) is 4.27. The fraction of sp³-hybridized carbons (Fsp3) is 0.500. The van der Waals surface area contributed by atoms with Crippen molar-refractivity contribution in [1.82, 2.24) is 24.6 Å². The quantitative estimate of drug-likeness (QED) is 0.0851. The van der Waals surface area contributed by atoms with Gasteiger partial charge in [-0.25, -0.2) is 14.5 Å². The molecule has 1 saturated carbocycles. The van der Waals surface area contributed by atoms with Crippen molar-refractivity contribution in [1.29, 1.82) is 0 Å². The lowest BCUT2D eigenvalue weighted by molar-refractivity contribution is -0.149. The number of nitrogens with zero attached hydrogens (tertiary/aromatic N) is 4. The molecule has 3 heterocycles. The van der Waals surface area contributed by atoms with Crippen molar-refractivity contribution in [3.05, 3.63) is 36.7 Å². The standard InChI is InChI=1S/C28H35FN7O7PS/c1-5-28(29)22(37)20(42-26(28)36-14-31-21-23(32-18-11-12-18)33-27(30)34-24(21)36)13-40-44(39,35-17(4)25(38)41-16(2)3)15-45-43-19-9-7-6-8-10-19/h1,6-10,14,16-18,20,22,26,37H,11-13,15H2,2-4H3,(H,35,39)(H3,30,32,33,34)/t17-,20+,22+,26+,28+,44?/m0/s1. The molecule has 0 bridgehead atoms. The number of nitrogen functional groups attached to an aromatic ring is 1. The minimum Gasteiger partial charge on any atom is -0.462 e. The number of para-hydroxylation sites is 1. The van der Waals surface area contributed by atoms with E-state index in [2.05, 4.69) is 25.4 Å². The predicted molar refractivity (Wildman–Crippen MR) is 166 cm³/mol. The summed E-state index contributed by atoms with van der Waals surface area (Å²) < 4.78 is 54.1. The predicted octanol–water partition coefficient (Wildman–Crippen LogP) is 3.41. The van der Waals surface area contributed by atoms with E-state index in [9.17, 15) is 14.5 Å². The summed E-state index contributed by atoms with van der Waals surface area (Å²) in [4.78, 5) is 25.2. The molecule has 17 heteroatoms. The number of terminal acetylenes is 1. The minimum atomic E-state index is -3.92. The number of nitrogens with two attached hydrogens (primary N) is 1. The molecule has 1 aliphatic carbocycles. The number of imidazole rings is 1. The minimum absolute atomic E-state index is 0.0802. The molecule has 2 fully saturated rings. The Balaban J connectivity index is 1.34. The van der Waals surface area contributed by atoms with E-state index in [1.807, 2.05) is 12.0 Å². The summed E-state index contributed by atoms with van der Waals surface area (Å²) in [5.41, 5.74) is 3.37. The van der Waals surface area contributed by atoms with Crippen LogP contribution >= 0.6 is 19.6 Å². The number of fused-ring (bicyclic) bond motifs is 1. The van der Waals surface area contributed by atoms with E-state index in [1.165, 1.54) is 17.8 Å². The SMILES string of the molecule is C#C[C@@]1(F)[C@H](O)[C@@H](COP(=O)(CSOc2ccccc2)N[C@@H](C)C(=O)OC(C)C)O[C@H]1n1cnc2c(NC3CC3)nc(N)nc21. The number of ether oxygens (including phenoxy) is 2. The van der Waals surface area contributed by atoms with Gasteiger partial charge in [-0.2, -0.15) is 9.97 Å². The van der Waals surface area contributed by atoms with E-state index in [0.717, 1.165) is 24.9 Å². The third-order valence-electron chi connectivity index (χ3n) is 6.94. The number of anilines is 2. The zero-order chi connectivity index (χ0) is 32.4. The number of alkyl halides is 1. The number of rotatable bonds is 14. The lowest BCUT2D eigenvalue weighted by Crippen LogP contribution is -2.42.